The van der Waals surface area contributed by atoms with Crippen LogP contribution in [0.3, 0.4) is 0 Å². The van der Waals surface area contributed by atoms with E-state index in [0.717, 1.165) is 44.2 Å². The number of rotatable bonds is 6. The summed E-state index contributed by atoms with van der Waals surface area (Å²) in [6.07, 6.45) is 0. The number of hydrogen-bond donors (Lipinski definition) is 3. The highest BCUT2D eigenvalue weighted by Crippen LogP contribution is 2.32. The van der Waals surface area contributed by atoms with Gasteiger partial charge in [-0.2, -0.15) is 4.98 Å². The number of carbonyl (C=O) groups is 3. The fourth-order valence-corrected chi connectivity index (χ4v) is 5.24. The number of amidine groups is 1. The number of alkyl halides is 1. The minimum Gasteiger partial charge on any atom is -0.478 e. The molecule has 0 atom stereocenters. The lowest BCUT2D eigenvalue weighted by Gasteiger charge is -1.99. The minimum absolute atomic E-state index is 0. The number of furan rings is 2. The first-order valence-electron chi connectivity index (χ1n) is 17.2. The van der Waals surface area contributed by atoms with Gasteiger partial charge in [0.25, 0.3) is 5.89 Å². The molecule has 0 aliphatic heterocycles. The maximum absolute atomic E-state index is 11.5. The first-order valence-corrected chi connectivity index (χ1v) is 16.5. The first-order chi connectivity index (χ1) is 27.3. The molecule has 0 aliphatic carbocycles. The molecule has 0 spiro atoms. The van der Waals surface area contributed by atoms with Crippen molar-refractivity contribution < 1.29 is 53.3 Å². The molecule has 14 nitrogen and oxygen atoms in total. The number of halogens is 1. The molecule has 15 heteroatoms. The Labute approximate surface area is 328 Å². The average molecular weight is 784 g/mol. The van der Waals surface area contributed by atoms with E-state index in [-0.39, 0.29) is 18.8 Å². The van der Waals surface area contributed by atoms with Crippen molar-refractivity contribution in [3.05, 3.63) is 130 Å². The summed E-state index contributed by atoms with van der Waals surface area (Å²) in [5.41, 5.74) is 13.1. The quantitative estimate of drug-likeness (QED) is 0.0472. The fraction of sp³-hybridized carbons (Fsp3) is 0.190. The van der Waals surface area contributed by atoms with Gasteiger partial charge in [0.1, 0.15) is 11.2 Å². The second-order valence-electron chi connectivity index (χ2n) is 12.0. The van der Waals surface area contributed by atoms with Crippen LogP contribution in [-0.4, -0.2) is 65.6 Å². The third kappa shape index (κ3) is 10.3. The monoisotopic (exact) mass is 783 g/mol. The second-order valence-corrected chi connectivity index (χ2v) is 12.0. The van der Waals surface area contributed by atoms with Gasteiger partial charge >= 0.3 is 17.9 Å². The molecule has 0 aliphatic rings. The molecule has 0 saturated heterocycles. The molecule has 0 amide bonds. The predicted molar refractivity (Wildman–Crippen MR) is 212 cm³/mol. The van der Waals surface area contributed by atoms with Crippen LogP contribution in [0.15, 0.2) is 103 Å². The van der Waals surface area contributed by atoms with E-state index in [9.17, 15) is 18.8 Å². The summed E-state index contributed by atoms with van der Waals surface area (Å²) in [5, 5.41) is 26.1. The summed E-state index contributed by atoms with van der Waals surface area (Å²) in [7, 11) is 1.62. The molecule has 4 N–H and O–H groups in total. The largest absolute Gasteiger partial charge is 0.478 e. The normalized spacial score (nSPS) is 10.7. The van der Waals surface area contributed by atoms with Crippen molar-refractivity contribution in [3.8, 4) is 23.0 Å². The minimum atomic E-state index is -1.02. The van der Waals surface area contributed by atoms with Crippen molar-refractivity contribution in [1.29, 1.82) is 0 Å². The van der Waals surface area contributed by atoms with Crippen LogP contribution in [-0.2, 0) is 9.47 Å². The van der Waals surface area contributed by atoms with Crippen molar-refractivity contribution in [2.45, 2.75) is 35.1 Å². The first kappa shape index (κ1) is 42.5. The molecule has 3 aromatic heterocycles. The predicted octanol–water partition coefficient (Wildman–Crippen LogP) is 9.09. The number of hydrogen-bond acceptors (Lipinski definition) is 12. The summed E-state index contributed by atoms with van der Waals surface area (Å²) >= 11 is 0. The van der Waals surface area contributed by atoms with Gasteiger partial charge in [-0.15, -0.1) is 0 Å². The third-order valence-corrected chi connectivity index (χ3v) is 8.31. The lowest BCUT2D eigenvalue weighted by molar-refractivity contribution is 0.0591. The van der Waals surface area contributed by atoms with E-state index < -0.39 is 25.1 Å². The Morgan fingerprint density at radius 3 is 1.67 bits per heavy atom. The van der Waals surface area contributed by atoms with Crippen LogP contribution < -0.4 is 5.73 Å². The molecule has 0 radical (unpaired) electrons. The third-order valence-electron chi connectivity index (χ3n) is 8.31. The lowest BCUT2D eigenvalue weighted by atomic mass is 10.1. The zero-order valence-electron chi connectivity index (χ0n) is 32.2. The number of carbonyl (C=O) groups excluding carboxylic acids is 2. The smallest absolute Gasteiger partial charge is 0.337 e. The molecular formula is C42H43FN4O10. The number of aromatic carboxylic acids is 1. The Bertz CT molecular complexity index is 2450. The number of aryl methyl sites for hydroxylation is 4. The van der Waals surface area contributed by atoms with Crippen LogP contribution in [0, 0.1) is 27.7 Å². The van der Waals surface area contributed by atoms with Gasteiger partial charge in [0, 0.05) is 16.3 Å². The number of carboxylic acids is 1. The number of nitrogens with two attached hydrogens (primary N) is 1. The highest BCUT2D eigenvalue weighted by Gasteiger charge is 2.17. The van der Waals surface area contributed by atoms with Crippen LogP contribution in [0.5, 0.6) is 0 Å². The molecule has 3 heterocycles. The van der Waals surface area contributed by atoms with Crippen molar-refractivity contribution in [2.24, 2.45) is 10.9 Å². The summed E-state index contributed by atoms with van der Waals surface area (Å²) in [4.78, 5) is 37.3. The van der Waals surface area contributed by atoms with Gasteiger partial charge in [-0.05, 0) is 111 Å². The topological polar surface area (TPSA) is 214 Å². The maximum Gasteiger partial charge on any atom is 0.337 e. The van der Waals surface area contributed by atoms with Crippen molar-refractivity contribution in [3.63, 3.8) is 0 Å². The SMILES string of the molecule is C.COC(=O)c1ccc(-c2nc(-c3cc4c(C)ccc(C)c4o3)no2)cc1.COC(=O)c1ccc(C(=O)O)cc1.Cc1ccc(C)c2oc(/C(N)=N/O)cc12.[2H]CF. The van der Waals surface area contributed by atoms with Gasteiger partial charge in [0.05, 0.1) is 39.4 Å². The standard InChI is InChI=1S/C20H16N2O4.C11H12N2O2.C9H8O4.CH3F.CH4/c1-11-4-5-12(2)17-15(11)10-16(25-17)18-21-19(26-22-18)13-6-8-14(9-7-13)20(23)24-3;1-6-3-4-7(2)10-8(6)5-9(15-10)11(12)13-14;1-13-9(12)7-4-2-6(3-5-7)8(10)11;1-2;/h4-10H,1-3H3;3-5,14H,1-2H3,(H2,12,13);2-5H,1H3,(H,10,11);1H3;1H4/i;;;1D;. The molecule has 0 bridgehead atoms. The highest BCUT2D eigenvalue weighted by molar-refractivity contribution is 5.99. The molecule has 57 heavy (non-hydrogen) atoms. The zero-order valence-corrected chi connectivity index (χ0v) is 31.2. The number of ether oxygens (including phenoxy) is 2. The van der Waals surface area contributed by atoms with E-state index >= 15 is 0 Å². The summed E-state index contributed by atoms with van der Waals surface area (Å²) in [6, 6.07) is 24.1. The molecular weight excluding hydrogens is 739 g/mol. The van der Waals surface area contributed by atoms with Gasteiger partial charge in [-0.25, -0.2) is 14.4 Å². The van der Waals surface area contributed by atoms with E-state index in [1.165, 1.54) is 38.5 Å². The molecule has 4 aromatic carbocycles. The van der Waals surface area contributed by atoms with E-state index in [2.05, 4.69) is 30.8 Å². The Balaban J connectivity index is 0.000000241. The van der Waals surface area contributed by atoms with Gasteiger partial charge < -0.3 is 38.9 Å². The highest BCUT2D eigenvalue weighted by atomic mass is 19.1. The number of methoxy groups -OCH3 is 2. The Hall–Kier alpha value is -7.29. The second kappa shape index (κ2) is 19.9. The van der Waals surface area contributed by atoms with Crippen LogP contribution in [0.4, 0.5) is 4.39 Å². The number of carboxylic acid groups (broad SMARTS) is 1. The number of aromatic nitrogens is 2. The Morgan fingerprint density at radius 1 is 0.754 bits per heavy atom. The molecule has 0 unspecified atom stereocenters. The summed E-state index contributed by atoms with van der Waals surface area (Å²) < 4.78 is 41.4. The number of benzene rings is 4. The van der Waals surface area contributed by atoms with Gasteiger partial charge in [-0.1, -0.05) is 42.0 Å². The number of oxime groups is 1. The average Bonchev–Trinajstić information content (AvgIpc) is 4.01. The Morgan fingerprint density at radius 2 is 1.21 bits per heavy atom. The molecule has 7 aromatic rings. The summed E-state index contributed by atoms with van der Waals surface area (Å²) in [5.74, 6) is -0.213. The van der Waals surface area contributed by atoms with Gasteiger partial charge in [-0.3, -0.25) is 4.39 Å². The van der Waals surface area contributed by atoms with E-state index in [1.54, 1.807) is 30.3 Å². The number of fused-ring (bicyclic) bond motifs is 2. The molecule has 0 fully saturated rings. The summed E-state index contributed by atoms with van der Waals surface area (Å²) in [6.45, 7) is 7.99. The number of esters is 2. The molecule has 298 valence electrons. The lowest BCUT2D eigenvalue weighted by Crippen LogP contribution is -2.11. The van der Waals surface area contributed by atoms with Crippen LogP contribution in [0.25, 0.3) is 45.0 Å². The maximum atomic E-state index is 11.5. The van der Waals surface area contributed by atoms with Crippen LogP contribution in [0.1, 0.15) is 67.9 Å². The van der Waals surface area contributed by atoms with Crippen LogP contribution >= 0.6 is 0 Å². The van der Waals surface area contributed by atoms with Crippen molar-refractivity contribution >= 4 is 45.7 Å². The van der Waals surface area contributed by atoms with E-state index in [4.69, 9.17) is 30.8 Å². The fourth-order valence-electron chi connectivity index (χ4n) is 5.24. The van der Waals surface area contributed by atoms with E-state index in [0.29, 0.717) is 39.9 Å². The number of nitrogens with zero attached hydrogens (tertiary/aromatic N) is 3. The Kier molecular flexibility index (Phi) is 14.8. The van der Waals surface area contributed by atoms with Gasteiger partial charge in [0.2, 0.25) is 11.7 Å². The molecule has 7 rings (SSSR count). The van der Waals surface area contributed by atoms with Crippen molar-refractivity contribution in [2.75, 3.05) is 21.4 Å². The van der Waals surface area contributed by atoms with Gasteiger partial charge in [0.15, 0.2) is 11.5 Å². The van der Waals surface area contributed by atoms with E-state index in [1.807, 2.05) is 52.0 Å². The zero-order chi connectivity index (χ0) is 41.8. The molecule has 0 saturated carbocycles. The van der Waals surface area contributed by atoms with Crippen LogP contribution in [0.2, 0.25) is 0 Å². The van der Waals surface area contributed by atoms with Crippen molar-refractivity contribution in [1.82, 2.24) is 10.1 Å².